The molecular weight excluding hydrogens is 214 g/mol. The van der Waals surface area contributed by atoms with Crippen molar-refractivity contribution in [1.82, 2.24) is 10.6 Å². The molecule has 2 aliphatic rings. The second kappa shape index (κ2) is 4.71. The van der Waals surface area contributed by atoms with E-state index in [1.54, 1.807) is 6.20 Å². The Balaban J connectivity index is 2.13. The lowest BCUT2D eigenvalue weighted by Gasteiger charge is -2.15. The molecule has 0 saturated heterocycles. The average molecular weight is 227 g/mol. The van der Waals surface area contributed by atoms with Gasteiger partial charge in [-0.15, -0.1) is 0 Å². The number of nitriles is 1. The van der Waals surface area contributed by atoms with Crippen LogP contribution in [0.5, 0.6) is 0 Å². The van der Waals surface area contributed by atoms with Gasteiger partial charge in [-0.1, -0.05) is 18.2 Å². The Hall–Kier alpha value is -2.28. The number of amides is 1. The van der Waals surface area contributed by atoms with Gasteiger partial charge in [-0.3, -0.25) is 4.79 Å². The molecule has 4 heteroatoms. The van der Waals surface area contributed by atoms with E-state index in [0.29, 0.717) is 12.1 Å². The molecule has 1 amide bonds. The van der Waals surface area contributed by atoms with Crippen molar-refractivity contribution in [3.05, 3.63) is 47.2 Å². The summed E-state index contributed by atoms with van der Waals surface area (Å²) in [7, 11) is 0. The van der Waals surface area contributed by atoms with Crippen molar-refractivity contribution < 1.29 is 4.79 Å². The van der Waals surface area contributed by atoms with Crippen LogP contribution in [-0.4, -0.2) is 18.5 Å². The molecular formula is C13H13N3O. The summed E-state index contributed by atoms with van der Waals surface area (Å²) in [5.74, 6) is -0.0491. The Morgan fingerprint density at radius 3 is 3.06 bits per heavy atom. The lowest BCUT2D eigenvalue weighted by Crippen LogP contribution is -2.26. The van der Waals surface area contributed by atoms with Crippen LogP contribution in [0, 0.1) is 11.3 Å². The predicted molar refractivity (Wildman–Crippen MR) is 64.6 cm³/mol. The zero-order valence-corrected chi connectivity index (χ0v) is 9.53. The lowest BCUT2D eigenvalue weighted by molar-refractivity contribution is -0.118. The van der Waals surface area contributed by atoms with Crippen molar-refractivity contribution in [2.75, 3.05) is 6.54 Å². The summed E-state index contributed by atoms with van der Waals surface area (Å²) in [4.78, 5) is 10.9. The zero-order chi connectivity index (χ0) is 12.3. The smallest absolute Gasteiger partial charge is 0.217 e. The third kappa shape index (κ3) is 2.64. The van der Waals surface area contributed by atoms with Gasteiger partial charge in [-0.05, 0) is 17.2 Å². The summed E-state index contributed by atoms with van der Waals surface area (Å²) < 4.78 is 0. The highest BCUT2D eigenvalue weighted by molar-refractivity contribution is 5.73. The maximum absolute atomic E-state index is 10.9. The maximum atomic E-state index is 10.9. The van der Waals surface area contributed by atoms with Gasteiger partial charge in [0.2, 0.25) is 5.91 Å². The van der Waals surface area contributed by atoms with E-state index in [9.17, 15) is 4.79 Å². The SMILES string of the molecule is CC(=O)NCC1=CC2C=C(C=C1)C(C#N)=CN2. The van der Waals surface area contributed by atoms with Crippen molar-refractivity contribution in [1.29, 1.82) is 5.26 Å². The Bertz CT molecular complexity index is 503. The fourth-order valence-corrected chi connectivity index (χ4v) is 1.76. The molecule has 0 aromatic heterocycles. The number of allylic oxidation sites excluding steroid dienone is 3. The molecule has 0 aromatic carbocycles. The molecule has 0 aromatic rings. The number of carbonyl (C=O) groups is 1. The minimum absolute atomic E-state index is 0.0491. The van der Waals surface area contributed by atoms with E-state index in [1.807, 2.05) is 24.3 Å². The van der Waals surface area contributed by atoms with Gasteiger partial charge < -0.3 is 10.6 Å². The third-order valence-corrected chi connectivity index (χ3v) is 2.62. The van der Waals surface area contributed by atoms with Gasteiger partial charge in [-0.2, -0.15) is 5.26 Å². The summed E-state index contributed by atoms with van der Waals surface area (Å²) in [5.41, 5.74) is 2.58. The Labute approximate surface area is 100 Å². The fraction of sp³-hybridized carbons (Fsp3) is 0.231. The number of carbonyl (C=O) groups excluding carboxylic acids is 1. The van der Waals surface area contributed by atoms with E-state index in [4.69, 9.17) is 5.26 Å². The van der Waals surface area contributed by atoms with E-state index in [2.05, 4.69) is 16.7 Å². The zero-order valence-electron chi connectivity index (χ0n) is 9.53. The first kappa shape index (κ1) is 11.2. The highest BCUT2D eigenvalue weighted by atomic mass is 16.1. The number of fused-ring (bicyclic) bond motifs is 1. The third-order valence-electron chi connectivity index (χ3n) is 2.62. The largest absolute Gasteiger partial charge is 0.380 e. The number of hydrogen-bond donors (Lipinski definition) is 2. The molecule has 1 unspecified atom stereocenters. The summed E-state index contributed by atoms with van der Waals surface area (Å²) in [6.45, 7) is 2.00. The number of hydrogen-bond acceptors (Lipinski definition) is 3. The maximum Gasteiger partial charge on any atom is 0.217 e. The van der Waals surface area contributed by atoms with E-state index < -0.39 is 0 Å². The van der Waals surface area contributed by atoms with Gasteiger partial charge in [0.15, 0.2) is 0 Å². The molecule has 0 fully saturated rings. The summed E-state index contributed by atoms with van der Waals surface area (Å²) >= 11 is 0. The van der Waals surface area contributed by atoms with E-state index in [1.165, 1.54) is 6.92 Å². The van der Waals surface area contributed by atoms with Crippen LogP contribution in [0.15, 0.2) is 47.2 Å². The van der Waals surface area contributed by atoms with Crippen LogP contribution < -0.4 is 10.6 Å². The van der Waals surface area contributed by atoms with Crippen LogP contribution in [0.1, 0.15) is 6.92 Å². The highest BCUT2D eigenvalue weighted by Gasteiger charge is 2.14. The molecule has 1 atom stereocenters. The van der Waals surface area contributed by atoms with Crippen LogP contribution in [-0.2, 0) is 4.79 Å². The van der Waals surface area contributed by atoms with Crippen molar-refractivity contribution in [3.8, 4) is 6.07 Å². The molecule has 17 heavy (non-hydrogen) atoms. The van der Waals surface area contributed by atoms with Crippen molar-refractivity contribution in [2.24, 2.45) is 0 Å². The number of nitrogens with one attached hydrogen (secondary N) is 2. The molecule has 1 aliphatic heterocycles. The standard InChI is InChI=1S/C13H13N3O/c1-9(17)15-7-10-2-3-11-5-13(4-10)16-8-12(11)6-14/h2-5,8,13,16H,7H2,1H3,(H,15,17). The van der Waals surface area contributed by atoms with Gasteiger partial charge in [0.25, 0.3) is 0 Å². The molecule has 1 heterocycles. The minimum atomic E-state index is -0.0491. The summed E-state index contributed by atoms with van der Waals surface area (Å²) in [5, 5.41) is 14.8. The van der Waals surface area contributed by atoms with E-state index >= 15 is 0 Å². The fourth-order valence-electron chi connectivity index (χ4n) is 1.76. The molecule has 2 bridgehead atoms. The van der Waals surface area contributed by atoms with Crippen molar-refractivity contribution in [3.63, 3.8) is 0 Å². The van der Waals surface area contributed by atoms with Crippen LogP contribution in [0.4, 0.5) is 0 Å². The second-order valence-corrected chi connectivity index (χ2v) is 3.97. The van der Waals surface area contributed by atoms with Gasteiger partial charge in [0.05, 0.1) is 11.6 Å². The first-order chi connectivity index (χ1) is 8.19. The van der Waals surface area contributed by atoms with E-state index in [0.717, 1.165) is 11.1 Å². The van der Waals surface area contributed by atoms with Crippen LogP contribution >= 0.6 is 0 Å². The topological polar surface area (TPSA) is 64.9 Å². The van der Waals surface area contributed by atoms with Crippen molar-refractivity contribution in [2.45, 2.75) is 13.0 Å². The van der Waals surface area contributed by atoms with Gasteiger partial charge in [0.1, 0.15) is 6.07 Å². The highest BCUT2D eigenvalue weighted by Crippen LogP contribution is 2.20. The first-order valence-electron chi connectivity index (χ1n) is 5.41. The van der Waals surface area contributed by atoms with E-state index in [-0.39, 0.29) is 11.9 Å². The molecule has 2 rings (SSSR count). The molecule has 2 N–H and O–H groups in total. The lowest BCUT2D eigenvalue weighted by atomic mass is 10.0. The molecule has 4 nitrogen and oxygen atoms in total. The van der Waals surface area contributed by atoms with Gasteiger partial charge >= 0.3 is 0 Å². The second-order valence-electron chi connectivity index (χ2n) is 3.97. The predicted octanol–water partition coefficient (Wildman–Crippen LogP) is 0.924. The molecule has 0 saturated carbocycles. The quantitative estimate of drug-likeness (QED) is 0.737. The molecule has 1 aliphatic carbocycles. The first-order valence-corrected chi connectivity index (χ1v) is 5.41. The monoisotopic (exact) mass is 227 g/mol. The summed E-state index contributed by atoms with van der Waals surface area (Å²) in [6, 6.07) is 2.22. The minimum Gasteiger partial charge on any atom is -0.380 e. The molecule has 0 radical (unpaired) electrons. The number of rotatable bonds is 2. The summed E-state index contributed by atoms with van der Waals surface area (Å²) in [6.07, 6.45) is 9.59. The molecule has 0 spiro atoms. The normalized spacial score (nSPS) is 21.2. The van der Waals surface area contributed by atoms with Crippen molar-refractivity contribution >= 4 is 5.91 Å². The Kier molecular flexibility index (Phi) is 3.10. The van der Waals surface area contributed by atoms with Gasteiger partial charge in [-0.25, -0.2) is 0 Å². The van der Waals surface area contributed by atoms with Gasteiger partial charge in [0, 0.05) is 19.7 Å². The Morgan fingerprint density at radius 2 is 2.35 bits per heavy atom. The van der Waals surface area contributed by atoms with Crippen LogP contribution in [0.3, 0.4) is 0 Å². The number of dihydropyridines is 1. The van der Waals surface area contributed by atoms with Crippen LogP contribution in [0.2, 0.25) is 0 Å². The average Bonchev–Trinajstić information content (AvgIpc) is 2.47. The van der Waals surface area contributed by atoms with Crippen LogP contribution in [0.25, 0.3) is 0 Å². The molecule has 86 valence electrons. The number of nitrogens with zero attached hydrogens (tertiary/aromatic N) is 1. The Morgan fingerprint density at radius 1 is 1.53 bits per heavy atom.